The number of carbonyl (C=O) groups excluding carboxylic acids is 1. The Balaban J connectivity index is 2.79. The Labute approximate surface area is 120 Å². The van der Waals surface area contributed by atoms with E-state index in [2.05, 4.69) is 10.3 Å². The Kier molecular flexibility index (Phi) is 5.32. The van der Waals surface area contributed by atoms with E-state index < -0.39 is 23.7 Å². The minimum absolute atomic E-state index is 0.259. The first kappa shape index (κ1) is 16.2. The van der Waals surface area contributed by atoms with Gasteiger partial charge >= 0.3 is 12.1 Å². The van der Waals surface area contributed by atoms with Crippen LogP contribution in [-0.2, 0) is 9.53 Å². The summed E-state index contributed by atoms with van der Waals surface area (Å²) < 4.78 is 10.1. The van der Waals surface area contributed by atoms with Gasteiger partial charge in [0, 0.05) is 6.20 Å². The lowest BCUT2D eigenvalue weighted by Gasteiger charge is -2.22. The molecule has 1 amide bonds. The van der Waals surface area contributed by atoms with Gasteiger partial charge in [0.05, 0.1) is 24.4 Å². The van der Waals surface area contributed by atoms with Gasteiger partial charge in [-0.2, -0.15) is 0 Å². The lowest BCUT2D eigenvalue weighted by atomic mass is 10.2. The highest BCUT2D eigenvalue weighted by molar-refractivity contribution is 7.13. The van der Waals surface area contributed by atoms with Crippen molar-refractivity contribution >= 4 is 23.4 Å². The molecule has 112 valence electrons. The highest BCUT2D eigenvalue weighted by Gasteiger charge is 2.24. The van der Waals surface area contributed by atoms with Crippen LogP contribution in [-0.4, -0.2) is 34.9 Å². The first-order chi connectivity index (χ1) is 9.21. The maximum atomic E-state index is 11.7. The van der Waals surface area contributed by atoms with Crippen LogP contribution in [0.3, 0.4) is 0 Å². The molecule has 1 atom stereocenters. The summed E-state index contributed by atoms with van der Waals surface area (Å²) in [6, 6.07) is -0.705. The number of carbonyl (C=O) groups is 2. The summed E-state index contributed by atoms with van der Waals surface area (Å²) >= 11 is 1.18. The van der Waals surface area contributed by atoms with E-state index in [1.807, 2.05) is 0 Å². The molecule has 0 aliphatic heterocycles. The molecule has 7 nitrogen and oxygen atoms in total. The number of aromatic nitrogens is 1. The van der Waals surface area contributed by atoms with Crippen LogP contribution < -0.4 is 10.1 Å². The van der Waals surface area contributed by atoms with Gasteiger partial charge in [0.2, 0.25) is 0 Å². The maximum absolute atomic E-state index is 11.7. The minimum Gasteiger partial charge on any atom is -0.481 e. The highest BCUT2D eigenvalue weighted by atomic mass is 32.1. The van der Waals surface area contributed by atoms with Gasteiger partial charge in [0.25, 0.3) is 5.19 Å². The highest BCUT2D eigenvalue weighted by Crippen LogP contribution is 2.28. The fourth-order valence-corrected chi connectivity index (χ4v) is 2.15. The van der Waals surface area contributed by atoms with Crippen LogP contribution in [0, 0.1) is 0 Å². The summed E-state index contributed by atoms with van der Waals surface area (Å²) in [5.41, 5.74) is -0.650. The summed E-state index contributed by atoms with van der Waals surface area (Å²) in [6.07, 6.45) is 0.551. The number of thiazole rings is 1. The Morgan fingerprint density at radius 2 is 2.15 bits per heavy atom. The second-order valence-corrected chi connectivity index (χ2v) is 6.05. The fraction of sp³-hybridized carbons (Fsp3) is 0.583. The van der Waals surface area contributed by atoms with Crippen LogP contribution in [0.2, 0.25) is 0 Å². The monoisotopic (exact) mass is 302 g/mol. The van der Waals surface area contributed by atoms with Crippen molar-refractivity contribution in [2.45, 2.75) is 38.8 Å². The number of methoxy groups -OCH3 is 1. The molecule has 0 aliphatic carbocycles. The SMILES string of the molecule is COc1ncc([C@H](CC(=O)O)NC(=O)OC(C)(C)C)s1. The van der Waals surface area contributed by atoms with E-state index in [1.165, 1.54) is 24.6 Å². The summed E-state index contributed by atoms with van der Waals surface area (Å²) in [5, 5.41) is 11.9. The second kappa shape index (κ2) is 6.56. The number of ether oxygens (including phenoxy) is 2. The average Bonchev–Trinajstić information content (AvgIpc) is 2.73. The van der Waals surface area contributed by atoms with E-state index in [1.54, 1.807) is 20.8 Å². The topological polar surface area (TPSA) is 97.8 Å². The molecular formula is C12H18N2O5S. The van der Waals surface area contributed by atoms with Gasteiger partial charge in [-0.3, -0.25) is 4.79 Å². The lowest BCUT2D eigenvalue weighted by molar-refractivity contribution is -0.137. The maximum Gasteiger partial charge on any atom is 0.408 e. The summed E-state index contributed by atoms with van der Waals surface area (Å²) in [5.74, 6) is -1.03. The van der Waals surface area contributed by atoms with E-state index in [-0.39, 0.29) is 6.42 Å². The van der Waals surface area contributed by atoms with Crippen LogP contribution in [0.5, 0.6) is 5.19 Å². The van der Waals surface area contributed by atoms with Crippen molar-refractivity contribution in [2.75, 3.05) is 7.11 Å². The van der Waals surface area contributed by atoms with Gasteiger partial charge in [-0.1, -0.05) is 11.3 Å². The molecule has 0 radical (unpaired) electrons. The smallest absolute Gasteiger partial charge is 0.408 e. The molecule has 0 aromatic carbocycles. The van der Waals surface area contributed by atoms with Crippen LogP contribution >= 0.6 is 11.3 Å². The molecule has 1 rings (SSSR count). The number of rotatable bonds is 5. The predicted octanol–water partition coefficient (Wildman–Crippen LogP) is 2.19. The molecule has 0 saturated carbocycles. The third kappa shape index (κ3) is 5.43. The largest absolute Gasteiger partial charge is 0.481 e. The van der Waals surface area contributed by atoms with Crippen LogP contribution in [0.25, 0.3) is 0 Å². The molecule has 0 bridgehead atoms. The number of hydrogen-bond donors (Lipinski definition) is 2. The Morgan fingerprint density at radius 3 is 2.60 bits per heavy atom. The van der Waals surface area contributed by atoms with Crippen molar-refractivity contribution in [1.29, 1.82) is 0 Å². The van der Waals surface area contributed by atoms with Crippen molar-refractivity contribution in [2.24, 2.45) is 0 Å². The van der Waals surface area contributed by atoms with Crippen molar-refractivity contribution in [3.05, 3.63) is 11.1 Å². The molecule has 0 saturated heterocycles. The molecule has 0 aliphatic rings. The van der Waals surface area contributed by atoms with E-state index in [0.717, 1.165) is 0 Å². The van der Waals surface area contributed by atoms with Gasteiger partial charge in [0.15, 0.2) is 0 Å². The van der Waals surface area contributed by atoms with Crippen LogP contribution in [0.15, 0.2) is 6.20 Å². The summed E-state index contributed by atoms with van der Waals surface area (Å²) in [4.78, 5) is 27.2. The van der Waals surface area contributed by atoms with Crippen molar-refractivity contribution in [1.82, 2.24) is 10.3 Å². The number of carboxylic acids is 1. The van der Waals surface area contributed by atoms with Crippen LogP contribution in [0.4, 0.5) is 4.79 Å². The number of nitrogens with zero attached hydrogens (tertiary/aromatic N) is 1. The summed E-state index contributed by atoms with van der Waals surface area (Å²) in [6.45, 7) is 5.19. The third-order valence-corrected chi connectivity index (χ3v) is 3.16. The lowest BCUT2D eigenvalue weighted by Crippen LogP contribution is -2.35. The molecule has 1 aromatic heterocycles. The molecule has 0 fully saturated rings. The third-order valence-electron chi connectivity index (χ3n) is 2.09. The normalized spacial score (nSPS) is 12.6. The molecule has 0 spiro atoms. The molecular weight excluding hydrogens is 284 g/mol. The van der Waals surface area contributed by atoms with Gasteiger partial charge in [-0.05, 0) is 20.8 Å². The van der Waals surface area contributed by atoms with E-state index in [9.17, 15) is 9.59 Å². The Bertz CT molecular complexity index is 480. The first-order valence-electron chi connectivity index (χ1n) is 5.92. The second-order valence-electron chi connectivity index (χ2n) is 5.03. The average molecular weight is 302 g/mol. The number of amides is 1. The van der Waals surface area contributed by atoms with E-state index in [0.29, 0.717) is 10.1 Å². The zero-order chi connectivity index (χ0) is 15.3. The number of hydrogen-bond acceptors (Lipinski definition) is 6. The fourth-order valence-electron chi connectivity index (χ4n) is 1.37. The number of carboxylic acid groups (broad SMARTS) is 1. The quantitative estimate of drug-likeness (QED) is 0.865. The molecule has 8 heteroatoms. The first-order valence-corrected chi connectivity index (χ1v) is 6.74. The molecule has 1 aromatic rings. The predicted molar refractivity (Wildman–Crippen MR) is 73.0 cm³/mol. The Hall–Kier alpha value is -1.83. The molecule has 20 heavy (non-hydrogen) atoms. The van der Waals surface area contributed by atoms with Gasteiger partial charge in [-0.15, -0.1) is 0 Å². The van der Waals surface area contributed by atoms with E-state index in [4.69, 9.17) is 14.6 Å². The standard InChI is InChI=1S/C12H18N2O5S/c1-12(2,3)19-10(17)14-7(5-9(15)16)8-6-13-11(18-4)20-8/h6-7H,5H2,1-4H3,(H,14,17)(H,15,16)/t7-/m0/s1. The summed E-state index contributed by atoms with van der Waals surface area (Å²) in [7, 11) is 1.47. The number of alkyl carbamates (subject to hydrolysis) is 1. The number of nitrogens with one attached hydrogen (secondary N) is 1. The van der Waals surface area contributed by atoms with Crippen molar-refractivity contribution in [3.8, 4) is 5.19 Å². The van der Waals surface area contributed by atoms with Crippen molar-refractivity contribution in [3.63, 3.8) is 0 Å². The van der Waals surface area contributed by atoms with Gasteiger partial charge in [-0.25, -0.2) is 9.78 Å². The van der Waals surface area contributed by atoms with Gasteiger partial charge in [0.1, 0.15) is 5.60 Å². The van der Waals surface area contributed by atoms with Crippen molar-refractivity contribution < 1.29 is 24.2 Å². The van der Waals surface area contributed by atoms with E-state index >= 15 is 0 Å². The molecule has 2 N–H and O–H groups in total. The minimum atomic E-state index is -1.03. The zero-order valence-corrected chi connectivity index (χ0v) is 12.6. The molecule has 0 unspecified atom stereocenters. The Morgan fingerprint density at radius 1 is 1.50 bits per heavy atom. The zero-order valence-electron chi connectivity index (χ0n) is 11.8. The van der Waals surface area contributed by atoms with Gasteiger partial charge < -0.3 is 19.9 Å². The van der Waals surface area contributed by atoms with Crippen LogP contribution in [0.1, 0.15) is 38.1 Å². The number of aliphatic carboxylic acids is 1. The molecule has 1 heterocycles.